The van der Waals surface area contributed by atoms with E-state index in [-0.39, 0.29) is 11.3 Å². The molecule has 1 aliphatic rings. The average Bonchev–Trinajstić information content (AvgIpc) is 2.03. The fourth-order valence-corrected chi connectivity index (χ4v) is 1.93. The van der Waals surface area contributed by atoms with Gasteiger partial charge in [-0.15, -0.1) is 0 Å². The van der Waals surface area contributed by atoms with Crippen LogP contribution in [0.15, 0.2) is 0 Å². The molecule has 0 bridgehead atoms. The van der Waals surface area contributed by atoms with E-state index in [4.69, 9.17) is 0 Å². The van der Waals surface area contributed by atoms with Gasteiger partial charge >= 0.3 is 0 Å². The van der Waals surface area contributed by atoms with Crippen molar-refractivity contribution >= 4 is 5.91 Å². The van der Waals surface area contributed by atoms with Crippen molar-refractivity contribution in [2.75, 3.05) is 13.1 Å². The number of nitrogens with zero attached hydrogens (tertiary/aromatic N) is 1. The highest BCUT2D eigenvalue weighted by Gasteiger charge is 2.44. The molecule has 0 spiro atoms. The number of hydrogen-bond acceptors (Lipinski definition) is 1. The van der Waals surface area contributed by atoms with E-state index < -0.39 is 5.67 Å². The Morgan fingerprint density at radius 1 is 1.29 bits per heavy atom. The van der Waals surface area contributed by atoms with Gasteiger partial charge in [0, 0.05) is 20.0 Å². The van der Waals surface area contributed by atoms with Crippen LogP contribution in [0.4, 0.5) is 4.39 Å². The number of piperidine rings is 1. The van der Waals surface area contributed by atoms with Crippen LogP contribution < -0.4 is 0 Å². The summed E-state index contributed by atoms with van der Waals surface area (Å²) in [5.41, 5.74) is -1.44. The van der Waals surface area contributed by atoms with Gasteiger partial charge < -0.3 is 4.90 Å². The Morgan fingerprint density at radius 2 is 1.71 bits per heavy atom. The Hall–Kier alpha value is -0.600. The standard InChI is InChI=1S/C11H20FNO/c1-9(14)13-7-5-11(12,6-8-13)10(2,3)4/h5-8H2,1-4H3. The maximum Gasteiger partial charge on any atom is 0.219 e. The molecule has 1 heterocycles. The predicted molar refractivity (Wildman–Crippen MR) is 54.8 cm³/mol. The molecule has 1 rings (SSSR count). The quantitative estimate of drug-likeness (QED) is 0.589. The largest absolute Gasteiger partial charge is 0.343 e. The molecule has 0 unspecified atom stereocenters. The van der Waals surface area contributed by atoms with E-state index >= 15 is 0 Å². The van der Waals surface area contributed by atoms with Gasteiger partial charge in [0.1, 0.15) is 5.67 Å². The van der Waals surface area contributed by atoms with Crippen molar-refractivity contribution < 1.29 is 9.18 Å². The smallest absolute Gasteiger partial charge is 0.219 e. The number of amides is 1. The van der Waals surface area contributed by atoms with Crippen LogP contribution in [0, 0.1) is 5.41 Å². The van der Waals surface area contributed by atoms with Gasteiger partial charge in [-0.2, -0.15) is 0 Å². The summed E-state index contributed by atoms with van der Waals surface area (Å²) in [6, 6.07) is 0. The average molecular weight is 201 g/mol. The maximum absolute atomic E-state index is 14.4. The molecule has 2 nitrogen and oxygen atoms in total. The molecule has 1 saturated heterocycles. The SMILES string of the molecule is CC(=O)N1CCC(F)(C(C)(C)C)CC1. The van der Waals surface area contributed by atoms with Crippen molar-refractivity contribution in [3.8, 4) is 0 Å². The van der Waals surface area contributed by atoms with Gasteiger partial charge in [-0.1, -0.05) is 20.8 Å². The summed E-state index contributed by atoms with van der Waals surface area (Å²) in [5, 5.41) is 0. The first-order valence-electron chi connectivity index (χ1n) is 5.21. The second-order valence-corrected chi connectivity index (χ2v) is 5.22. The normalized spacial score (nSPS) is 22.2. The summed E-state index contributed by atoms with van der Waals surface area (Å²) in [4.78, 5) is 12.8. The lowest BCUT2D eigenvalue weighted by molar-refractivity contribution is -0.133. The van der Waals surface area contributed by atoms with Gasteiger partial charge in [0.05, 0.1) is 0 Å². The van der Waals surface area contributed by atoms with Gasteiger partial charge in [0.2, 0.25) is 5.91 Å². The van der Waals surface area contributed by atoms with E-state index in [1.807, 2.05) is 20.8 Å². The molecule has 82 valence electrons. The van der Waals surface area contributed by atoms with Gasteiger partial charge in [0.15, 0.2) is 0 Å². The number of rotatable bonds is 0. The second kappa shape index (κ2) is 3.52. The van der Waals surface area contributed by atoms with Crippen LogP contribution in [0.3, 0.4) is 0 Å². The summed E-state index contributed by atoms with van der Waals surface area (Å²) in [5.74, 6) is 0.0564. The van der Waals surface area contributed by atoms with E-state index in [1.165, 1.54) is 0 Å². The Bertz CT molecular complexity index is 224. The van der Waals surface area contributed by atoms with Crippen LogP contribution in [0.1, 0.15) is 40.5 Å². The lowest BCUT2D eigenvalue weighted by Gasteiger charge is -2.43. The molecule has 3 heteroatoms. The second-order valence-electron chi connectivity index (χ2n) is 5.22. The maximum atomic E-state index is 14.4. The molecular formula is C11H20FNO. The van der Waals surface area contributed by atoms with Crippen LogP contribution in [-0.4, -0.2) is 29.6 Å². The highest BCUT2D eigenvalue weighted by atomic mass is 19.1. The van der Waals surface area contributed by atoms with E-state index in [9.17, 15) is 9.18 Å². The minimum Gasteiger partial charge on any atom is -0.343 e. The predicted octanol–water partition coefficient (Wildman–Crippen LogP) is 2.38. The summed E-state index contributed by atoms with van der Waals surface area (Å²) < 4.78 is 14.4. The van der Waals surface area contributed by atoms with Gasteiger partial charge in [-0.05, 0) is 18.3 Å². The molecule has 1 fully saturated rings. The minimum atomic E-state index is -1.11. The molecule has 1 amide bonds. The number of carbonyl (C=O) groups is 1. The van der Waals surface area contributed by atoms with Crippen LogP contribution in [0.5, 0.6) is 0 Å². The fourth-order valence-electron chi connectivity index (χ4n) is 1.93. The van der Waals surface area contributed by atoms with E-state index in [2.05, 4.69) is 0 Å². The summed E-state index contributed by atoms with van der Waals surface area (Å²) in [6.07, 6.45) is 0.937. The summed E-state index contributed by atoms with van der Waals surface area (Å²) in [6.45, 7) is 8.44. The van der Waals surface area contributed by atoms with Crippen LogP contribution in [-0.2, 0) is 4.79 Å². The Morgan fingerprint density at radius 3 is 2.00 bits per heavy atom. The molecule has 0 N–H and O–H groups in total. The number of hydrogen-bond donors (Lipinski definition) is 0. The number of halogens is 1. The third-order valence-corrected chi connectivity index (χ3v) is 3.35. The first-order chi connectivity index (χ1) is 6.26. The Labute approximate surface area is 85.5 Å². The van der Waals surface area contributed by atoms with Gasteiger partial charge in [0.25, 0.3) is 0 Å². The molecule has 1 aliphatic heterocycles. The third-order valence-electron chi connectivity index (χ3n) is 3.35. The molecule has 0 aromatic heterocycles. The van der Waals surface area contributed by atoms with Crippen molar-refractivity contribution in [1.82, 2.24) is 4.90 Å². The highest BCUT2D eigenvalue weighted by Crippen LogP contribution is 2.42. The van der Waals surface area contributed by atoms with Crippen molar-refractivity contribution in [2.24, 2.45) is 5.41 Å². The third kappa shape index (κ3) is 2.07. The molecule has 0 saturated carbocycles. The fraction of sp³-hybridized carbons (Fsp3) is 0.909. The van der Waals surface area contributed by atoms with E-state index in [0.717, 1.165) is 0 Å². The first-order valence-corrected chi connectivity index (χ1v) is 5.21. The Kier molecular flexibility index (Phi) is 2.88. The zero-order chi connectivity index (χ0) is 11.0. The van der Waals surface area contributed by atoms with Crippen LogP contribution in [0.25, 0.3) is 0 Å². The van der Waals surface area contributed by atoms with Crippen molar-refractivity contribution in [1.29, 1.82) is 0 Å². The first kappa shape index (κ1) is 11.5. The molecule has 0 aliphatic carbocycles. The van der Waals surface area contributed by atoms with Gasteiger partial charge in [-0.25, -0.2) is 4.39 Å². The van der Waals surface area contributed by atoms with Crippen molar-refractivity contribution in [2.45, 2.75) is 46.2 Å². The molecule has 0 aromatic rings. The molecule has 0 atom stereocenters. The Balaban J connectivity index is 2.62. The van der Waals surface area contributed by atoms with Gasteiger partial charge in [-0.3, -0.25) is 4.79 Å². The zero-order valence-electron chi connectivity index (χ0n) is 9.56. The lowest BCUT2D eigenvalue weighted by atomic mass is 9.72. The number of alkyl halides is 1. The molecule has 0 radical (unpaired) electrons. The van der Waals surface area contributed by atoms with Crippen LogP contribution >= 0.6 is 0 Å². The summed E-state index contributed by atoms with van der Waals surface area (Å²) >= 11 is 0. The van der Waals surface area contributed by atoms with E-state index in [1.54, 1.807) is 11.8 Å². The summed E-state index contributed by atoms with van der Waals surface area (Å²) in [7, 11) is 0. The molecule has 14 heavy (non-hydrogen) atoms. The number of carbonyl (C=O) groups excluding carboxylic acids is 1. The van der Waals surface area contributed by atoms with Crippen molar-refractivity contribution in [3.63, 3.8) is 0 Å². The minimum absolute atomic E-state index is 0.0564. The monoisotopic (exact) mass is 201 g/mol. The lowest BCUT2D eigenvalue weighted by Crippen LogP contribution is -2.49. The van der Waals surface area contributed by atoms with E-state index in [0.29, 0.717) is 25.9 Å². The zero-order valence-corrected chi connectivity index (χ0v) is 9.56. The molecular weight excluding hydrogens is 181 g/mol. The topological polar surface area (TPSA) is 20.3 Å². The van der Waals surface area contributed by atoms with Crippen molar-refractivity contribution in [3.05, 3.63) is 0 Å². The molecule has 0 aromatic carbocycles. The van der Waals surface area contributed by atoms with Crippen LogP contribution in [0.2, 0.25) is 0 Å². The number of likely N-dealkylation sites (tertiary alicyclic amines) is 1. The highest BCUT2D eigenvalue weighted by molar-refractivity contribution is 5.73.